The molecule has 1 amide bonds. The van der Waals surface area contributed by atoms with Crippen molar-refractivity contribution in [3.05, 3.63) is 46.0 Å². The summed E-state index contributed by atoms with van der Waals surface area (Å²) in [6.07, 6.45) is 2.26. The molecular weight excluding hydrogens is 259 g/mol. The highest BCUT2D eigenvalue weighted by molar-refractivity contribution is 5.97. The van der Waals surface area contributed by atoms with Crippen LogP contribution in [-0.2, 0) is 7.05 Å². The largest absolute Gasteiger partial charge is 0.350 e. The van der Waals surface area contributed by atoms with E-state index in [1.165, 1.54) is 18.3 Å². The van der Waals surface area contributed by atoms with Gasteiger partial charge in [0.2, 0.25) is 5.43 Å². The molecule has 4 nitrogen and oxygen atoms in total. The van der Waals surface area contributed by atoms with Crippen LogP contribution in [-0.4, -0.2) is 16.5 Å². The van der Waals surface area contributed by atoms with E-state index in [0.717, 1.165) is 12.5 Å². The molecule has 0 radical (unpaired) electrons. The number of rotatable bonds is 3. The topological polar surface area (TPSA) is 51.1 Å². The number of pyridine rings is 1. The number of halogens is 1. The fourth-order valence-corrected chi connectivity index (χ4v) is 2.03. The van der Waals surface area contributed by atoms with Crippen LogP contribution >= 0.6 is 0 Å². The number of fused-ring (bicyclic) bond motifs is 1. The number of benzene rings is 1. The van der Waals surface area contributed by atoms with Crippen LogP contribution in [0.5, 0.6) is 0 Å². The monoisotopic (exact) mass is 276 g/mol. The molecule has 106 valence electrons. The maximum Gasteiger partial charge on any atom is 0.256 e. The predicted molar refractivity (Wildman–Crippen MR) is 76.4 cm³/mol. The Balaban J connectivity index is 2.58. The van der Waals surface area contributed by atoms with Crippen molar-refractivity contribution in [3.8, 4) is 0 Å². The molecule has 2 aromatic rings. The number of carbonyl (C=O) groups excluding carboxylic acids is 1. The number of hydrogen-bond acceptors (Lipinski definition) is 2. The first-order valence-electron chi connectivity index (χ1n) is 6.53. The van der Waals surface area contributed by atoms with E-state index in [1.807, 2.05) is 13.8 Å². The number of aromatic nitrogens is 1. The summed E-state index contributed by atoms with van der Waals surface area (Å²) in [7, 11) is 1.72. The van der Waals surface area contributed by atoms with Gasteiger partial charge < -0.3 is 9.88 Å². The van der Waals surface area contributed by atoms with Gasteiger partial charge in [-0.1, -0.05) is 6.92 Å². The average Bonchev–Trinajstić information content (AvgIpc) is 2.42. The van der Waals surface area contributed by atoms with Crippen LogP contribution < -0.4 is 10.7 Å². The lowest BCUT2D eigenvalue weighted by atomic mass is 10.1. The van der Waals surface area contributed by atoms with E-state index in [4.69, 9.17) is 0 Å². The Kier molecular flexibility index (Phi) is 3.88. The van der Waals surface area contributed by atoms with Crippen molar-refractivity contribution in [2.45, 2.75) is 26.3 Å². The maximum absolute atomic E-state index is 13.3. The first kappa shape index (κ1) is 14.2. The second-order valence-corrected chi connectivity index (χ2v) is 4.93. The van der Waals surface area contributed by atoms with Gasteiger partial charge in [-0.3, -0.25) is 9.59 Å². The molecule has 0 saturated heterocycles. The van der Waals surface area contributed by atoms with Gasteiger partial charge in [-0.2, -0.15) is 0 Å². The van der Waals surface area contributed by atoms with Gasteiger partial charge in [0, 0.05) is 24.7 Å². The van der Waals surface area contributed by atoms with Crippen molar-refractivity contribution in [1.82, 2.24) is 9.88 Å². The standard InChI is InChI=1S/C15H17FN2O2/c1-4-9(2)17-15(20)12-8-18(3)13-6-5-10(16)7-11(13)14(12)19/h5-9H,4H2,1-3H3,(H,17,20)/t9-/m0/s1. The molecule has 1 aromatic carbocycles. The Morgan fingerprint density at radius 3 is 2.80 bits per heavy atom. The van der Waals surface area contributed by atoms with Crippen LogP contribution in [0.4, 0.5) is 4.39 Å². The van der Waals surface area contributed by atoms with E-state index in [0.29, 0.717) is 5.52 Å². The summed E-state index contributed by atoms with van der Waals surface area (Å²) in [6, 6.07) is 3.97. The molecule has 0 bridgehead atoms. The third-order valence-corrected chi connectivity index (χ3v) is 3.39. The van der Waals surface area contributed by atoms with Gasteiger partial charge >= 0.3 is 0 Å². The van der Waals surface area contributed by atoms with Gasteiger partial charge in [0.15, 0.2) is 0 Å². The Hall–Kier alpha value is -2.17. The van der Waals surface area contributed by atoms with Crippen LogP contribution in [0.1, 0.15) is 30.6 Å². The van der Waals surface area contributed by atoms with Gasteiger partial charge in [0.25, 0.3) is 5.91 Å². The molecule has 0 aliphatic carbocycles. The zero-order chi connectivity index (χ0) is 14.9. The third kappa shape index (κ3) is 2.57. The molecule has 20 heavy (non-hydrogen) atoms. The zero-order valence-electron chi connectivity index (χ0n) is 11.7. The first-order valence-corrected chi connectivity index (χ1v) is 6.53. The van der Waals surface area contributed by atoms with Gasteiger partial charge in [0.05, 0.1) is 5.52 Å². The van der Waals surface area contributed by atoms with Crippen LogP contribution in [0.25, 0.3) is 10.9 Å². The van der Waals surface area contributed by atoms with E-state index < -0.39 is 17.2 Å². The van der Waals surface area contributed by atoms with Gasteiger partial charge in [-0.25, -0.2) is 4.39 Å². The fraction of sp³-hybridized carbons (Fsp3) is 0.333. The molecule has 2 rings (SSSR count). The molecule has 1 heterocycles. The van der Waals surface area contributed by atoms with Crippen molar-refractivity contribution in [1.29, 1.82) is 0 Å². The quantitative estimate of drug-likeness (QED) is 0.934. The average molecular weight is 276 g/mol. The third-order valence-electron chi connectivity index (χ3n) is 3.39. The van der Waals surface area contributed by atoms with Crippen LogP contribution in [0.15, 0.2) is 29.2 Å². The molecule has 0 aliphatic rings. The molecular formula is C15H17FN2O2. The minimum Gasteiger partial charge on any atom is -0.350 e. The van der Waals surface area contributed by atoms with Crippen molar-refractivity contribution < 1.29 is 9.18 Å². The molecule has 0 fully saturated rings. The smallest absolute Gasteiger partial charge is 0.256 e. The lowest BCUT2D eigenvalue weighted by molar-refractivity contribution is 0.0937. The van der Waals surface area contributed by atoms with Gasteiger partial charge in [-0.15, -0.1) is 0 Å². The van der Waals surface area contributed by atoms with Crippen molar-refractivity contribution in [3.63, 3.8) is 0 Å². The van der Waals surface area contributed by atoms with E-state index >= 15 is 0 Å². The van der Waals surface area contributed by atoms with Crippen molar-refractivity contribution in [2.24, 2.45) is 7.05 Å². The lowest BCUT2D eigenvalue weighted by Gasteiger charge is -2.13. The fourth-order valence-electron chi connectivity index (χ4n) is 2.03. The summed E-state index contributed by atoms with van der Waals surface area (Å²) < 4.78 is 15.0. The van der Waals surface area contributed by atoms with Crippen LogP contribution in [0, 0.1) is 5.82 Å². The molecule has 0 unspecified atom stereocenters. The predicted octanol–water partition coefficient (Wildman–Crippen LogP) is 2.21. The first-order chi connectivity index (χ1) is 9.43. The lowest BCUT2D eigenvalue weighted by Crippen LogP contribution is -2.35. The zero-order valence-corrected chi connectivity index (χ0v) is 11.7. The summed E-state index contributed by atoms with van der Waals surface area (Å²) in [5.41, 5.74) is 0.181. The number of amides is 1. The summed E-state index contributed by atoms with van der Waals surface area (Å²) in [5.74, 6) is -0.916. The normalized spacial score (nSPS) is 12.4. The summed E-state index contributed by atoms with van der Waals surface area (Å²) in [5, 5.41) is 2.96. The van der Waals surface area contributed by atoms with E-state index in [1.54, 1.807) is 11.6 Å². The van der Waals surface area contributed by atoms with Crippen molar-refractivity contribution in [2.75, 3.05) is 0 Å². The number of carbonyl (C=O) groups is 1. The molecule has 0 aliphatic heterocycles. The minimum atomic E-state index is -0.492. The SMILES string of the molecule is CC[C@H](C)NC(=O)c1cn(C)c2ccc(F)cc2c1=O. The van der Waals surface area contributed by atoms with Gasteiger partial charge in [0.1, 0.15) is 11.4 Å². The van der Waals surface area contributed by atoms with E-state index in [-0.39, 0.29) is 17.0 Å². The summed E-state index contributed by atoms with van der Waals surface area (Å²) in [6.45, 7) is 3.81. The number of nitrogens with one attached hydrogen (secondary N) is 1. The molecule has 0 saturated carbocycles. The molecule has 5 heteroatoms. The highest BCUT2D eigenvalue weighted by atomic mass is 19.1. The number of nitrogens with zero attached hydrogens (tertiary/aromatic N) is 1. The Morgan fingerprint density at radius 1 is 1.45 bits per heavy atom. The Bertz CT molecular complexity index is 722. The number of hydrogen-bond donors (Lipinski definition) is 1. The highest BCUT2D eigenvalue weighted by Gasteiger charge is 2.16. The Morgan fingerprint density at radius 2 is 2.15 bits per heavy atom. The molecule has 1 aromatic heterocycles. The molecule has 0 spiro atoms. The van der Waals surface area contributed by atoms with E-state index in [9.17, 15) is 14.0 Å². The number of aryl methyl sites for hydroxylation is 1. The van der Waals surface area contributed by atoms with Crippen LogP contribution in [0.2, 0.25) is 0 Å². The molecule has 1 N–H and O–H groups in total. The van der Waals surface area contributed by atoms with Crippen molar-refractivity contribution >= 4 is 16.8 Å². The highest BCUT2D eigenvalue weighted by Crippen LogP contribution is 2.12. The minimum absolute atomic E-state index is 0.0181. The summed E-state index contributed by atoms with van der Waals surface area (Å²) >= 11 is 0. The maximum atomic E-state index is 13.3. The molecule has 1 atom stereocenters. The van der Waals surface area contributed by atoms with E-state index in [2.05, 4.69) is 5.32 Å². The second kappa shape index (κ2) is 5.45. The second-order valence-electron chi connectivity index (χ2n) is 4.93. The van der Waals surface area contributed by atoms with Crippen LogP contribution in [0.3, 0.4) is 0 Å². The summed E-state index contributed by atoms with van der Waals surface area (Å²) in [4.78, 5) is 24.4. The Labute approximate surface area is 116 Å². The van der Waals surface area contributed by atoms with Gasteiger partial charge in [-0.05, 0) is 31.5 Å².